The van der Waals surface area contributed by atoms with E-state index in [1.165, 1.54) is 17.5 Å². The molecule has 2 aromatic heterocycles. The van der Waals surface area contributed by atoms with Crippen molar-refractivity contribution >= 4 is 45.0 Å². The first-order valence-electron chi connectivity index (χ1n) is 8.84. The van der Waals surface area contributed by atoms with Crippen LogP contribution in [0.1, 0.15) is 16.7 Å². The zero-order valence-corrected chi connectivity index (χ0v) is 17.0. The summed E-state index contributed by atoms with van der Waals surface area (Å²) in [5, 5.41) is 5.41. The number of fused-ring (bicyclic) bond motifs is 2. The Hall–Kier alpha value is -2.94. The second kappa shape index (κ2) is 6.90. The van der Waals surface area contributed by atoms with Crippen LogP contribution in [0.15, 0.2) is 66.7 Å². The number of nitrogens with zero attached hydrogens (tertiary/aromatic N) is 4. The second-order valence-corrected chi connectivity index (χ2v) is 7.54. The van der Waals surface area contributed by atoms with Gasteiger partial charge in [0, 0.05) is 5.57 Å². The summed E-state index contributed by atoms with van der Waals surface area (Å²) in [5.74, 6) is 1.30. The van der Waals surface area contributed by atoms with Gasteiger partial charge in [0.2, 0.25) is 0 Å². The van der Waals surface area contributed by atoms with E-state index >= 15 is 0 Å². The van der Waals surface area contributed by atoms with E-state index in [-0.39, 0.29) is 0 Å². The van der Waals surface area contributed by atoms with Gasteiger partial charge in [-0.25, -0.2) is 14.6 Å². The predicted molar refractivity (Wildman–Crippen MR) is 116 cm³/mol. The third-order valence-corrected chi connectivity index (χ3v) is 5.59. The lowest BCUT2D eigenvalue weighted by molar-refractivity contribution is 0.180. The van der Waals surface area contributed by atoms with Gasteiger partial charge in [-0.2, -0.15) is 5.10 Å². The van der Waals surface area contributed by atoms with Crippen molar-refractivity contribution in [2.75, 3.05) is 5.73 Å². The van der Waals surface area contributed by atoms with Crippen LogP contribution in [-0.2, 0) is 17.9 Å². The minimum atomic E-state index is 0.438. The number of ether oxygens (including phenoxy) is 1. The van der Waals surface area contributed by atoms with Gasteiger partial charge in [0.15, 0.2) is 5.65 Å². The summed E-state index contributed by atoms with van der Waals surface area (Å²) in [7, 11) is 0. The monoisotopic (exact) mass is 481 g/mol. The summed E-state index contributed by atoms with van der Waals surface area (Å²) in [6, 6.07) is 18.7. The Kier molecular flexibility index (Phi) is 4.23. The van der Waals surface area contributed by atoms with E-state index in [0.717, 1.165) is 26.0 Å². The van der Waals surface area contributed by atoms with Gasteiger partial charge in [-0.3, -0.25) is 0 Å². The van der Waals surface area contributed by atoms with Crippen LogP contribution < -0.4 is 5.73 Å². The molecule has 3 heterocycles. The molecule has 1 aliphatic heterocycles. The molecule has 0 spiro atoms. The highest BCUT2D eigenvalue weighted by atomic mass is 127. The Morgan fingerprint density at radius 2 is 1.82 bits per heavy atom. The highest BCUT2D eigenvalue weighted by molar-refractivity contribution is 14.1. The minimum Gasteiger partial charge on any atom is -0.491 e. The number of benzene rings is 2. The minimum absolute atomic E-state index is 0.438. The average Bonchev–Trinajstić information content (AvgIpc) is 3.05. The summed E-state index contributed by atoms with van der Waals surface area (Å²) < 4.78 is 8.82. The zero-order valence-electron chi connectivity index (χ0n) is 14.8. The number of nitrogens with two attached hydrogens (primary N) is 1. The molecule has 4 aromatic rings. The summed E-state index contributed by atoms with van der Waals surface area (Å²) in [6.45, 7) is 1.00. The predicted octanol–water partition coefficient (Wildman–Crippen LogP) is 4.00. The maximum atomic E-state index is 6.21. The van der Waals surface area contributed by atoms with Crippen molar-refractivity contribution in [2.24, 2.45) is 0 Å². The Bertz CT molecular complexity index is 1220. The van der Waals surface area contributed by atoms with Crippen molar-refractivity contribution < 1.29 is 4.74 Å². The van der Waals surface area contributed by atoms with Crippen molar-refractivity contribution in [1.29, 1.82) is 0 Å². The van der Waals surface area contributed by atoms with Crippen molar-refractivity contribution in [3.05, 3.63) is 87.1 Å². The first-order valence-corrected chi connectivity index (χ1v) is 9.92. The lowest BCUT2D eigenvalue weighted by atomic mass is 9.91. The maximum absolute atomic E-state index is 6.21. The van der Waals surface area contributed by atoms with Crippen molar-refractivity contribution in [3.63, 3.8) is 0 Å². The van der Waals surface area contributed by atoms with Gasteiger partial charge in [0.1, 0.15) is 34.8 Å². The van der Waals surface area contributed by atoms with Crippen LogP contribution in [0.2, 0.25) is 0 Å². The van der Waals surface area contributed by atoms with Crippen LogP contribution in [0.25, 0.3) is 16.6 Å². The van der Waals surface area contributed by atoms with Crippen molar-refractivity contribution in [1.82, 2.24) is 19.7 Å². The molecular weight excluding hydrogens is 465 g/mol. The van der Waals surface area contributed by atoms with Gasteiger partial charge in [-0.05, 0) is 39.3 Å². The van der Waals surface area contributed by atoms with Gasteiger partial charge in [0.05, 0.1) is 5.39 Å². The van der Waals surface area contributed by atoms with Crippen LogP contribution in [0.3, 0.4) is 0 Å². The quantitative estimate of drug-likeness (QED) is 0.448. The standard InChI is InChI=1S/C21H16IN5O/c22-19-18-20(23)24-12-25-21(18)27(26-19)10-16-17(13-6-2-1-3-7-13)15-9-5-4-8-14(15)11-28-16/h1-9,12H,10-11H2,(H2,23,24,25). The lowest BCUT2D eigenvalue weighted by Crippen LogP contribution is -2.14. The summed E-state index contributed by atoms with van der Waals surface area (Å²) in [5.41, 5.74) is 11.3. The van der Waals surface area contributed by atoms with Gasteiger partial charge in [-0.1, -0.05) is 54.6 Å². The van der Waals surface area contributed by atoms with E-state index in [1.807, 2.05) is 28.9 Å². The summed E-state index contributed by atoms with van der Waals surface area (Å²) in [6.07, 6.45) is 1.47. The van der Waals surface area contributed by atoms with Crippen LogP contribution in [0.5, 0.6) is 0 Å². The lowest BCUT2D eigenvalue weighted by Gasteiger charge is -2.24. The van der Waals surface area contributed by atoms with Crippen LogP contribution in [0.4, 0.5) is 5.82 Å². The maximum Gasteiger partial charge on any atom is 0.164 e. The van der Waals surface area contributed by atoms with Crippen molar-refractivity contribution in [2.45, 2.75) is 13.2 Å². The largest absolute Gasteiger partial charge is 0.491 e. The number of rotatable bonds is 3. The van der Waals surface area contributed by atoms with Crippen LogP contribution in [0, 0.1) is 3.70 Å². The first-order chi connectivity index (χ1) is 13.7. The fraction of sp³-hybridized carbons (Fsp3) is 0.0952. The molecule has 5 rings (SSSR count). The van der Waals surface area contributed by atoms with Crippen LogP contribution >= 0.6 is 22.6 Å². The number of anilines is 1. The number of aromatic nitrogens is 4. The fourth-order valence-corrected chi connectivity index (χ4v) is 4.33. The normalized spacial score (nSPS) is 13.5. The molecule has 0 unspecified atom stereocenters. The number of halogens is 1. The van der Waals surface area contributed by atoms with E-state index in [9.17, 15) is 0 Å². The van der Waals surface area contributed by atoms with Gasteiger partial charge in [0.25, 0.3) is 0 Å². The molecule has 0 fully saturated rings. The number of hydrogen-bond donors (Lipinski definition) is 1. The Labute approximate surface area is 175 Å². The Morgan fingerprint density at radius 1 is 1.04 bits per heavy atom. The number of allylic oxidation sites excluding steroid dienone is 1. The molecule has 138 valence electrons. The molecule has 0 amide bonds. The van der Waals surface area contributed by atoms with Crippen LogP contribution in [-0.4, -0.2) is 19.7 Å². The zero-order chi connectivity index (χ0) is 19.1. The van der Waals surface area contributed by atoms with E-state index in [0.29, 0.717) is 24.6 Å². The molecule has 6 nitrogen and oxygen atoms in total. The SMILES string of the molecule is Nc1ncnc2c1c(I)nn2CC1=C(c2ccccc2)c2ccccc2CO1. The molecule has 0 saturated heterocycles. The smallest absolute Gasteiger partial charge is 0.164 e. The Balaban J connectivity index is 1.69. The Morgan fingerprint density at radius 3 is 2.68 bits per heavy atom. The highest BCUT2D eigenvalue weighted by Gasteiger charge is 2.23. The molecule has 2 N–H and O–H groups in total. The molecule has 1 aliphatic rings. The third-order valence-electron chi connectivity index (χ3n) is 4.84. The molecule has 28 heavy (non-hydrogen) atoms. The van der Waals surface area contributed by atoms with Gasteiger partial charge < -0.3 is 10.5 Å². The molecule has 0 atom stereocenters. The van der Waals surface area contributed by atoms with Gasteiger partial charge in [-0.15, -0.1) is 0 Å². The summed E-state index contributed by atoms with van der Waals surface area (Å²) in [4.78, 5) is 8.48. The topological polar surface area (TPSA) is 78.9 Å². The van der Waals surface area contributed by atoms with E-state index in [2.05, 4.69) is 68.0 Å². The highest BCUT2D eigenvalue weighted by Crippen LogP contribution is 2.35. The molecule has 2 aromatic carbocycles. The summed E-state index contributed by atoms with van der Waals surface area (Å²) >= 11 is 2.17. The molecule has 0 radical (unpaired) electrons. The molecular formula is C21H16IN5O. The number of nitrogen functional groups attached to an aromatic ring is 1. The molecule has 0 aliphatic carbocycles. The molecule has 0 saturated carbocycles. The van der Waals surface area contributed by atoms with Crippen molar-refractivity contribution in [3.8, 4) is 0 Å². The third kappa shape index (κ3) is 2.82. The molecule has 7 heteroatoms. The second-order valence-electron chi connectivity index (χ2n) is 6.52. The van der Waals surface area contributed by atoms with E-state index in [1.54, 1.807) is 0 Å². The van der Waals surface area contributed by atoms with E-state index < -0.39 is 0 Å². The van der Waals surface area contributed by atoms with E-state index in [4.69, 9.17) is 10.5 Å². The molecule has 0 bridgehead atoms. The number of hydrogen-bond acceptors (Lipinski definition) is 5. The fourth-order valence-electron chi connectivity index (χ4n) is 3.56. The average molecular weight is 481 g/mol. The van der Waals surface area contributed by atoms with Gasteiger partial charge >= 0.3 is 0 Å². The first kappa shape index (κ1) is 17.2.